The van der Waals surface area contributed by atoms with E-state index in [4.69, 9.17) is 0 Å². The number of nitrogens with one attached hydrogen (secondary N) is 1. The molecule has 0 saturated heterocycles. The highest BCUT2D eigenvalue weighted by atomic mass is 79.9. The van der Waals surface area contributed by atoms with Gasteiger partial charge in [-0.15, -0.1) is 11.3 Å². The van der Waals surface area contributed by atoms with E-state index in [1.165, 1.54) is 0 Å². The molecule has 0 spiro atoms. The van der Waals surface area contributed by atoms with Crippen molar-refractivity contribution in [2.45, 2.75) is 38.8 Å². The molecular formula is C11H16BrNO2S. The van der Waals surface area contributed by atoms with E-state index >= 15 is 0 Å². The van der Waals surface area contributed by atoms with Gasteiger partial charge < -0.3 is 5.11 Å². The molecule has 2 N–H and O–H groups in total. The minimum Gasteiger partial charge on any atom is -0.480 e. The maximum atomic E-state index is 11.2. The van der Waals surface area contributed by atoms with Crippen LogP contribution in [-0.4, -0.2) is 16.6 Å². The van der Waals surface area contributed by atoms with Crippen molar-refractivity contribution < 1.29 is 9.90 Å². The van der Waals surface area contributed by atoms with Gasteiger partial charge in [0.25, 0.3) is 0 Å². The molecule has 0 fully saturated rings. The summed E-state index contributed by atoms with van der Waals surface area (Å²) in [6.07, 6.45) is 1.18. The fourth-order valence-corrected chi connectivity index (χ4v) is 3.00. The first-order valence-electron chi connectivity index (χ1n) is 5.26. The molecule has 16 heavy (non-hydrogen) atoms. The number of carboxylic acid groups (broad SMARTS) is 1. The van der Waals surface area contributed by atoms with Crippen molar-refractivity contribution >= 4 is 33.2 Å². The van der Waals surface area contributed by atoms with Crippen LogP contribution in [0.25, 0.3) is 0 Å². The van der Waals surface area contributed by atoms with Crippen molar-refractivity contribution in [2.75, 3.05) is 0 Å². The van der Waals surface area contributed by atoms with Crippen molar-refractivity contribution in [3.05, 3.63) is 20.8 Å². The maximum Gasteiger partial charge on any atom is 0.323 e. The van der Waals surface area contributed by atoms with Crippen molar-refractivity contribution in [1.29, 1.82) is 0 Å². The molecule has 1 rings (SSSR count). The van der Waals surface area contributed by atoms with Crippen LogP contribution >= 0.6 is 27.3 Å². The molecule has 0 aromatic carbocycles. The molecule has 0 amide bonds. The summed E-state index contributed by atoms with van der Waals surface area (Å²) in [6, 6.07) is 3.97. The second-order valence-corrected chi connectivity index (χ2v) is 6.20. The quantitative estimate of drug-likeness (QED) is 0.848. The van der Waals surface area contributed by atoms with Crippen LogP contribution < -0.4 is 5.32 Å². The van der Waals surface area contributed by atoms with Gasteiger partial charge in [-0.25, -0.2) is 0 Å². The molecule has 5 heteroatoms. The third kappa shape index (κ3) is 3.06. The SMILES string of the molecule is CCC(CC)(NCc1ccc(Br)s1)C(=O)O. The van der Waals surface area contributed by atoms with Crippen LogP contribution in [0.2, 0.25) is 0 Å². The summed E-state index contributed by atoms with van der Waals surface area (Å²) in [5.41, 5.74) is -0.795. The third-order valence-electron chi connectivity index (χ3n) is 2.85. The number of aliphatic carboxylic acids is 1. The molecule has 3 nitrogen and oxygen atoms in total. The molecule has 0 saturated carbocycles. The molecule has 0 aliphatic heterocycles. The van der Waals surface area contributed by atoms with Crippen LogP contribution in [0.4, 0.5) is 0 Å². The average Bonchev–Trinajstić information content (AvgIpc) is 2.66. The molecule has 0 aliphatic carbocycles. The van der Waals surface area contributed by atoms with Gasteiger partial charge in [-0.2, -0.15) is 0 Å². The van der Waals surface area contributed by atoms with Gasteiger partial charge in [0.15, 0.2) is 0 Å². The largest absolute Gasteiger partial charge is 0.480 e. The lowest BCUT2D eigenvalue weighted by atomic mass is 9.93. The van der Waals surface area contributed by atoms with Gasteiger partial charge in [0.05, 0.1) is 3.79 Å². The molecule has 0 bridgehead atoms. The molecule has 1 heterocycles. The highest BCUT2D eigenvalue weighted by Crippen LogP contribution is 2.23. The van der Waals surface area contributed by atoms with E-state index < -0.39 is 11.5 Å². The van der Waals surface area contributed by atoms with Crippen molar-refractivity contribution in [2.24, 2.45) is 0 Å². The standard InChI is InChI=1S/C11H16BrNO2S/c1-3-11(4-2,10(14)15)13-7-8-5-6-9(12)16-8/h5-6,13H,3-4,7H2,1-2H3,(H,14,15). The Kier molecular flexibility index (Phi) is 4.95. The lowest BCUT2D eigenvalue weighted by Crippen LogP contribution is -2.50. The second kappa shape index (κ2) is 5.80. The van der Waals surface area contributed by atoms with Crippen LogP contribution in [0.1, 0.15) is 31.6 Å². The molecule has 1 aromatic heterocycles. The fourth-order valence-electron chi connectivity index (χ4n) is 1.58. The van der Waals surface area contributed by atoms with Gasteiger partial charge >= 0.3 is 5.97 Å². The summed E-state index contributed by atoms with van der Waals surface area (Å²) < 4.78 is 1.07. The van der Waals surface area contributed by atoms with E-state index in [1.807, 2.05) is 26.0 Å². The Morgan fingerprint density at radius 1 is 1.50 bits per heavy atom. The van der Waals surface area contributed by atoms with Crippen molar-refractivity contribution in [3.8, 4) is 0 Å². The predicted molar refractivity (Wildman–Crippen MR) is 69.8 cm³/mol. The predicted octanol–water partition coefficient (Wildman–Crippen LogP) is 3.24. The van der Waals surface area contributed by atoms with Crippen LogP contribution in [0, 0.1) is 0 Å². The maximum absolute atomic E-state index is 11.2. The van der Waals surface area contributed by atoms with E-state index in [0.29, 0.717) is 19.4 Å². The van der Waals surface area contributed by atoms with Crippen LogP contribution in [0.15, 0.2) is 15.9 Å². The van der Waals surface area contributed by atoms with Gasteiger partial charge in [0.2, 0.25) is 0 Å². The Balaban J connectivity index is 2.67. The molecular weight excluding hydrogens is 290 g/mol. The highest BCUT2D eigenvalue weighted by molar-refractivity contribution is 9.11. The van der Waals surface area contributed by atoms with Gasteiger partial charge in [0, 0.05) is 11.4 Å². The van der Waals surface area contributed by atoms with Gasteiger partial charge in [-0.1, -0.05) is 13.8 Å². The molecule has 1 aromatic rings. The zero-order valence-electron chi connectivity index (χ0n) is 9.42. The van der Waals surface area contributed by atoms with E-state index in [9.17, 15) is 9.90 Å². The summed E-state index contributed by atoms with van der Waals surface area (Å²) in [4.78, 5) is 12.4. The monoisotopic (exact) mass is 305 g/mol. The minimum atomic E-state index is -0.795. The van der Waals surface area contributed by atoms with Crippen molar-refractivity contribution in [3.63, 3.8) is 0 Å². The van der Waals surface area contributed by atoms with E-state index in [1.54, 1.807) is 11.3 Å². The summed E-state index contributed by atoms with van der Waals surface area (Å²) in [5, 5.41) is 12.4. The Hall–Kier alpha value is -0.390. The number of hydrogen-bond donors (Lipinski definition) is 2. The second-order valence-electron chi connectivity index (χ2n) is 3.65. The smallest absolute Gasteiger partial charge is 0.323 e. The zero-order valence-corrected chi connectivity index (χ0v) is 11.8. The summed E-state index contributed by atoms with van der Waals surface area (Å²) >= 11 is 5.01. The first kappa shape index (κ1) is 13.7. The van der Waals surface area contributed by atoms with Crippen LogP contribution in [0.5, 0.6) is 0 Å². The number of rotatable bonds is 6. The molecule has 0 radical (unpaired) electrons. The summed E-state index contributed by atoms with van der Waals surface area (Å²) in [5.74, 6) is -0.770. The number of carboxylic acids is 1. The topological polar surface area (TPSA) is 49.3 Å². The van der Waals surface area contributed by atoms with Crippen LogP contribution in [0.3, 0.4) is 0 Å². The third-order valence-corrected chi connectivity index (χ3v) is 4.47. The normalized spacial score (nSPS) is 11.7. The average molecular weight is 306 g/mol. The van der Waals surface area contributed by atoms with E-state index in [0.717, 1.165) is 8.66 Å². The number of thiophene rings is 1. The first-order valence-corrected chi connectivity index (χ1v) is 6.87. The Morgan fingerprint density at radius 3 is 2.50 bits per heavy atom. The van der Waals surface area contributed by atoms with Gasteiger partial charge in [-0.05, 0) is 40.9 Å². The number of carbonyl (C=O) groups is 1. The van der Waals surface area contributed by atoms with Crippen LogP contribution in [-0.2, 0) is 11.3 Å². The number of halogens is 1. The Labute approximate surface area is 108 Å². The van der Waals surface area contributed by atoms with E-state index in [-0.39, 0.29) is 0 Å². The molecule has 0 aliphatic rings. The van der Waals surface area contributed by atoms with Gasteiger partial charge in [-0.3, -0.25) is 10.1 Å². The Bertz CT molecular complexity index is 361. The lowest BCUT2D eigenvalue weighted by Gasteiger charge is -2.27. The first-order chi connectivity index (χ1) is 7.54. The molecule has 90 valence electrons. The molecule has 0 unspecified atom stereocenters. The molecule has 0 atom stereocenters. The lowest BCUT2D eigenvalue weighted by molar-refractivity contribution is -0.145. The van der Waals surface area contributed by atoms with Gasteiger partial charge in [0.1, 0.15) is 5.54 Å². The summed E-state index contributed by atoms with van der Waals surface area (Å²) in [6.45, 7) is 4.40. The fraction of sp³-hybridized carbons (Fsp3) is 0.545. The van der Waals surface area contributed by atoms with Crippen molar-refractivity contribution in [1.82, 2.24) is 5.32 Å². The minimum absolute atomic E-state index is 0.589. The van der Waals surface area contributed by atoms with E-state index in [2.05, 4.69) is 21.2 Å². The number of hydrogen-bond acceptors (Lipinski definition) is 3. The Morgan fingerprint density at radius 2 is 2.12 bits per heavy atom. The summed E-state index contributed by atoms with van der Waals surface area (Å²) in [7, 11) is 0. The zero-order chi connectivity index (χ0) is 12.2. The highest BCUT2D eigenvalue weighted by Gasteiger charge is 2.33.